The maximum absolute atomic E-state index is 12.1. The van der Waals surface area contributed by atoms with E-state index < -0.39 is 11.5 Å². The second kappa shape index (κ2) is 6.98. The number of hydrogen-bond acceptors (Lipinski definition) is 4. The lowest BCUT2D eigenvalue weighted by Crippen LogP contribution is -2.42. The first kappa shape index (κ1) is 17.2. The zero-order valence-electron chi connectivity index (χ0n) is 14.0. The number of nitrogens with zero attached hydrogens (tertiary/aromatic N) is 2. The van der Waals surface area contributed by atoms with Crippen molar-refractivity contribution in [2.24, 2.45) is 11.7 Å². The van der Waals surface area contributed by atoms with Crippen molar-refractivity contribution in [1.29, 1.82) is 0 Å². The molecule has 2 heterocycles. The summed E-state index contributed by atoms with van der Waals surface area (Å²) in [7, 11) is 0. The Morgan fingerprint density at radius 2 is 2.00 bits per heavy atom. The predicted molar refractivity (Wildman–Crippen MR) is 87.0 cm³/mol. The van der Waals surface area contributed by atoms with Crippen LogP contribution in [0.5, 0.6) is 0 Å². The molecule has 1 saturated heterocycles. The number of carbonyl (C=O) groups excluding carboxylic acids is 2. The summed E-state index contributed by atoms with van der Waals surface area (Å²) >= 11 is 0. The van der Waals surface area contributed by atoms with Crippen LogP contribution in [0.25, 0.3) is 0 Å². The van der Waals surface area contributed by atoms with Gasteiger partial charge in [-0.2, -0.15) is 0 Å². The summed E-state index contributed by atoms with van der Waals surface area (Å²) in [5.41, 5.74) is 6.13. The van der Waals surface area contributed by atoms with Crippen molar-refractivity contribution in [2.75, 3.05) is 13.1 Å². The molecule has 0 spiro atoms. The van der Waals surface area contributed by atoms with E-state index in [9.17, 15) is 9.59 Å². The number of amides is 2. The minimum atomic E-state index is -0.494. The number of nitrogens with two attached hydrogens (primary N) is 1. The minimum Gasteiger partial charge on any atom is -0.444 e. The van der Waals surface area contributed by atoms with Crippen LogP contribution in [-0.4, -0.2) is 40.6 Å². The van der Waals surface area contributed by atoms with Crippen LogP contribution in [-0.2, 0) is 11.2 Å². The molecule has 0 unspecified atom stereocenters. The number of carbonyl (C=O) groups is 2. The summed E-state index contributed by atoms with van der Waals surface area (Å²) in [5.74, 6) is -0.0808. The van der Waals surface area contributed by atoms with Crippen LogP contribution in [0, 0.1) is 5.92 Å². The van der Waals surface area contributed by atoms with Gasteiger partial charge in [0.2, 0.25) is 0 Å². The maximum Gasteiger partial charge on any atom is 0.410 e. The first-order valence-corrected chi connectivity index (χ1v) is 7.98. The molecule has 2 rings (SSSR count). The lowest BCUT2D eigenvalue weighted by Gasteiger charge is -2.33. The average molecular weight is 319 g/mol. The molecule has 1 aromatic rings. The molecule has 0 aliphatic carbocycles. The Kier molecular flexibility index (Phi) is 5.23. The van der Waals surface area contributed by atoms with E-state index in [-0.39, 0.29) is 6.09 Å². The largest absolute Gasteiger partial charge is 0.444 e. The number of rotatable bonds is 3. The van der Waals surface area contributed by atoms with Gasteiger partial charge in [-0.15, -0.1) is 0 Å². The molecular weight excluding hydrogens is 294 g/mol. The van der Waals surface area contributed by atoms with Crippen LogP contribution in [0.2, 0.25) is 0 Å². The van der Waals surface area contributed by atoms with Gasteiger partial charge in [0.1, 0.15) is 11.3 Å². The molecule has 23 heavy (non-hydrogen) atoms. The number of pyridine rings is 1. The van der Waals surface area contributed by atoms with Crippen molar-refractivity contribution in [1.82, 2.24) is 9.88 Å². The molecule has 2 amide bonds. The molecule has 0 saturated carbocycles. The van der Waals surface area contributed by atoms with Gasteiger partial charge in [0.05, 0.1) is 0 Å². The van der Waals surface area contributed by atoms with Crippen LogP contribution in [0.4, 0.5) is 4.79 Å². The minimum absolute atomic E-state index is 0.254. The highest BCUT2D eigenvalue weighted by Gasteiger charge is 2.27. The fourth-order valence-corrected chi connectivity index (χ4v) is 2.78. The van der Waals surface area contributed by atoms with Crippen LogP contribution in [0.15, 0.2) is 18.3 Å². The van der Waals surface area contributed by atoms with E-state index in [4.69, 9.17) is 10.5 Å². The summed E-state index contributed by atoms with van der Waals surface area (Å²) < 4.78 is 5.40. The summed E-state index contributed by atoms with van der Waals surface area (Å²) in [5, 5.41) is 0. The molecule has 1 aromatic heterocycles. The zero-order valence-corrected chi connectivity index (χ0v) is 14.0. The lowest BCUT2D eigenvalue weighted by atomic mass is 9.89. The van der Waals surface area contributed by atoms with Crippen molar-refractivity contribution in [2.45, 2.75) is 45.6 Å². The monoisotopic (exact) mass is 319 g/mol. The van der Waals surface area contributed by atoms with Gasteiger partial charge in [0.15, 0.2) is 0 Å². The van der Waals surface area contributed by atoms with Gasteiger partial charge in [-0.3, -0.25) is 9.78 Å². The Morgan fingerprint density at radius 1 is 1.35 bits per heavy atom. The lowest BCUT2D eigenvalue weighted by molar-refractivity contribution is 0.0184. The normalized spacial score (nSPS) is 16.2. The molecule has 6 nitrogen and oxygen atoms in total. The van der Waals surface area contributed by atoms with Crippen molar-refractivity contribution < 1.29 is 14.3 Å². The highest BCUT2D eigenvalue weighted by Crippen LogP contribution is 2.24. The standard InChI is InChI=1S/C17H25N3O3/c1-17(2,3)23-16(22)20-9-6-12(7-10-20)11-13-5-4-8-19-14(13)15(18)21/h4-5,8,12H,6-7,9-11H2,1-3H3,(H2,18,21). The molecule has 2 N–H and O–H groups in total. The second-order valence-electron chi connectivity index (χ2n) is 6.99. The molecule has 0 bridgehead atoms. The van der Waals surface area contributed by atoms with Gasteiger partial charge in [-0.05, 0) is 57.6 Å². The van der Waals surface area contributed by atoms with E-state index in [1.807, 2.05) is 32.9 Å². The Bertz CT molecular complexity index is 573. The molecule has 126 valence electrons. The topological polar surface area (TPSA) is 85.5 Å². The Balaban J connectivity index is 1.91. The molecular formula is C17H25N3O3. The highest BCUT2D eigenvalue weighted by molar-refractivity contribution is 5.92. The smallest absolute Gasteiger partial charge is 0.410 e. The number of ether oxygens (including phenoxy) is 1. The fraction of sp³-hybridized carbons (Fsp3) is 0.588. The Morgan fingerprint density at radius 3 is 2.57 bits per heavy atom. The van der Waals surface area contributed by atoms with Gasteiger partial charge in [0.25, 0.3) is 5.91 Å². The molecule has 1 aliphatic rings. The average Bonchev–Trinajstić information content (AvgIpc) is 2.46. The number of primary amides is 1. The third-order valence-electron chi connectivity index (χ3n) is 3.90. The quantitative estimate of drug-likeness (QED) is 0.926. The number of hydrogen-bond donors (Lipinski definition) is 1. The number of likely N-dealkylation sites (tertiary alicyclic amines) is 1. The van der Waals surface area contributed by atoms with Gasteiger partial charge in [-0.25, -0.2) is 4.79 Å². The van der Waals surface area contributed by atoms with Crippen molar-refractivity contribution in [3.63, 3.8) is 0 Å². The predicted octanol–water partition coefficient (Wildman–Crippen LogP) is 2.37. The molecule has 1 aliphatic heterocycles. The SMILES string of the molecule is CC(C)(C)OC(=O)N1CCC(Cc2cccnc2C(N)=O)CC1. The van der Waals surface area contributed by atoms with E-state index in [1.54, 1.807) is 11.1 Å². The van der Waals surface area contributed by atoms with Crippen molar-refractivity contribution in [3.05, 3.63) is 29.6 Å². The van der Waals surface area contributed by atoms with E-state index >= 15 is 0 Å². The van der Waals surface area contributed by atoms with Crippen LogP contribution in [0.3, 0.4) is 0 Å². The van der Waals surface area contributed by atoms with E-state index in [0.717, 1.165) is 24.8 Å². The van der Waals surface area contributed by atoms with E-state index in [2.05, 4.69) is 4.98 Å². The van der Waals surface area contributed by atoms with Crippen molar-refractivity contribution in [3.8, 4) is 0 Å². The summed E-state index contributed by atoms with van der Waals surface area (Å²) in [6.45, 7) is 6.94. The summed E-state index contributed by atoms with van der Waals surface area (Å²) in [6.07, 6.45) is 3.84. The van der Waals surface area contributed by atoms with E-state index in [0.29, 0.717) is 24.7 Å². The van der Waals surface area contributed by atoms with Crippen molar-refractivity contribution >= 4 is 12.0 Å². The number of piperidine rings is 1. The molecule has 6 heteroatoms. The van der Waals surface area contributed by atoms with Crippen LogP contribution in [0.1, 0.15) is 49.7 Å². The third kappa shape index (κ3) is 4.94. The number of aromatic nitrogens is 1. The third-order valence-corrected chi connectivity index (χ3v) is 3.90. The Labute approximate surface area is 137 Å². The zero-order chi connectivity index (χ0) is 17.0. The molecule has 0 atom stereocenters. The molecule has 1 fully saturated rings. The van der Waals surface area contributed by atoms with Gasteiger partial charge in [-0.1, -0.05) is 6.07 Å². The highest BCUT2D eigenvalue weighted by atomic mass is 16.6. The molecule has 0 radical (unpaired) electrons. The first-order valence-electron chi connectivity index (χ1n) is 7.98. The second-order valence-corrected chi connectivity index (χ2v) is 6.99. The van der Waals surface area contributed by atoms with Gasteiger partial charge in [0, 0.05) is 19.3 Å². The van der Waals surface area contributed by atoms with Gasteiger partial charge >= 0.3 is 6.09 Å². The van der Waals surface area contributed by atoms with Crippen LogP contribution < -0.4 is 5.73 Å². The maximum atomic E-state index is 12.1. The summed E-state index contributed by atoms with van der Waals surface area (Å²) in [6, 6.07) is 3.71. The molecule has 0 aromatic carbocycles. The summed E-state index contributed by atoms with van der Waals surface area (Å²) in [4.78, 5) is 29.3. The fourth-order valence-electron chi connectivity index (χ4n) is 2.78. The van der Waals surface area contributed by atoms with E-state index in [1.165, 1.54) is 0 Å². The Hall–Kier alpha value is -2.11. The first-order chi connectivity index (χ1) is 10.8. The van der Waals surface area contributed by atoms with Gasteiger partial charge < -0.3 is 15.4 Å². The van der Waals surface area contributed by atoms with Crippen LogP contribution >= 0.6 is 0 Å².